The molecular weight excluding hydrogens is 366 g/mol. The maximum atomic E-state index is 12.4. The number of nitrogens with one attached hydrogen (secondary N) is 1. The van der Waals surface area contributed by atoms with Gasteiger partial charge in [0.25, 0.3) is 0 Å². The quantitative estimate of drug-likeness (QED) is 0.841. The van der Waals surface area contributed by atoms with E-state index in [0.717, 1.165) is 33.7 Å². The van der Waals surface area contributed by atoms with Gasteiger partial charge in [-0.05, 0) is 47.5 Å². The molecule has 1 aliphatic carbocycles. The molecule has 1 heterocycles. The molecule has 0 aromatic carbocycles. The molecule has 2 atom stereocenters. The first-order valence-corrected chi connectivity index (χ1v) is 10.5. The molecule has 1 saturated carbocycles. The lowest BCUT2D eigenvalue weighted by Gasteiger charge is -2.20. The van der Waals surface area contributed by atoms with Crippen molar-refractivity contribution < 1.29 is 8.42 Å². The van der Waals surface area contributed by atoms with Crippen LogP contribution in [0.25, 0.3) is 0 Å². The molecule has 7 heteroatoms. The molecule has 1 aliphatic rings. The number of hydrogen-bond acceptors (Lipinski definition) is 4. The summed E-state index contributed by atoms with van der Waals surface area (Å²) in [5, 5.41) is 0.419. The van der Waals surface area contributed by atoms with E-state index < -0.39 is 10.0 Å². The van der Waals surface area contributed by atoms with Crippen molar-refractivity contribution in [1.29, 1.82) is 0 Å². The van der Waals surface area contributed by atoms with Gasteiger partial charge in [0.15, 0.2) is 0 Å². The summed E-state index contributed by atoms with van der Waals surface area (Å²) < 4.78 is 28.6. The average Bonchev–Trinajstić information content (AvgIpc) is 2.86. The van der Waals surface area contributed by atoms with Crippen LogP contribution in [-0.2, 0) is 10.0 Å². The van der Waals surface area contributed by atoms with E-state index in [9.17, 15) is 8.42 Å². The Kier molecular flexibility index (Phi) is 5.39. The lowest BCUT2D eigenvalue weighted by atomic mass is 10.3. The van der Waals surface area contributed by atoms with Gasteiger partial charge in [-0.25, -0.2) is 13.1 Å². The van der Waals surface area contributed by atoms with Crippen molar-refractivity contribution in [3.63, 3.8) is 0 Å². The molecule has 0 saturated heterocycles. The molecule has 1 fully saturated rings. The third-order valence-corrected chi connectivity index (χ3v) is 7.90. The first-order chi connectivity index (χ1) is 8.94. The fourth-order valence-electron chi connectivity index (χ4n) is 2.43. The molecule has 19 heavy (non-hydrogen) atoms. The van der Waals surface area contributed by atoms with E-state index in [1.807, 2.05) is 18.7 Å². The second-order valence-corrected chi connectivity index (χ2v) is 10.5. The highest BCUT2D eigenvalue weighted by atomic mass is 79.9. The number of thiophene rings is 1. The van der Waals surface area contributed by atoms with Gasteiger partial charge in [-0.3, -0.25) is 0 Å². The summed E-state index contributed by atoms with van der Waals surface area (Å²) in [5.74, 6) is 1.03. The van der Waals surface area contributed by atoms with Crippen molar-refractivity contribution in [1.82, 2.24) is 4.72 Å². The number of sulfonamides is 1. The number of halogens is 1. The first kappa shape index (κ1) is 15.8. The standard InChI is InChI=1S/C12H18BrNO2S3/c1-3-17-10-6-4-5-9(10)14-19(15,16)11-7-12(13)18-8(11)2/h7,9-10,14H,3-6H2,1-2H3. The van der Waals surface area contributed by atoms with Crippen LogP contribution < -0.4 is 4.72 Å². The summed E-state index contributed by atoms with van der Waals surface area (Å²) >= 11 is 6.66. The molecular formula is C12H18BrNO2S3. The smallest absolute Gasteiger partial charge is 0.207 e. The van der Waals surface area contributed by atoms with Crippen LogP contribution in [-0.4, -0.2) is 25.5 Å². The van der Waals surface area contributed by atoms with Gasteiger partial charge >= 0.3 is 0 Å². The molecule has 108 valence electrons. The minimum absolute atomic E-state index is 0.0769. The van der Waals surface area contributed by atoms with Crippen molar-refractivity contribution >= 4 is 49.1 Å². The van der Waals surface area contributed by atoms with Crippen LogP contribution in [0.4, 0.5) is 0 Å². The maximum absolute atomic E-state index is 12.4. The van der Waals surface area contributed by atoms with Gasteiger partial charge in [0.1, 0.15) is 0 Å². The van der Waals surface area contributed by atoms with Crippen LogP contribution in [0, 0.1) is 6.92 Å². The predicted octanol–water partition coefficient (Wildman–Crippen LogP) is 3.77. The molecule has 0 radical (unpaired) electrons. The number of hydrogen-bond donors (Lipinski definition) is 1. The van der Waals surface area contributed by atoms with Crippen molar-refractivity contribution in [2.45, 2.75) is 49.3 Å². The summed E-state index contributed by atoms with van der Waals surface area (Å²) in [6.45, 7) is 3.96. The SMILES string of the molecule is CCSC1CCCC1NS(=O)(=O)c1cc(Br)sc1C. The van der Waals surface area contributed by atoms with Crippen LogP contribution in [0.15, 0.2) is 14.7 Å². The molecule has 2 rings (SSSR count). The monoisotopic (exact) mass is 383 g/mol. The molecule has 1 aromatic rings. The Morgan fingerprint density at radius 3 is 2.84 bits per heavy atom. The molecule has 0 amide bonds. The Balaban J connectivity index is 2.15. The number of rotatable bonds is 5. The second kappa shape index (κ2) is 6.47. The van der Waals surface area contributed by atoms with Crippen LogP contribution in [0.5, 0.6) is 0 Å². The largest absolute Gasteiger partial charge is 0.241 e. The van der Waals surface area contributed by atoms with Crippen molar-refractivity contribution in [3.05, 3.63) is 14.7 Å². The summed E-state index contributed by atoms with van der Waals surface area (Å²) in [5.41, 5.74) is 0. The van der Waals surface area contributed by atoms with Gasteiger partial charge in [0.05, 0.1) is 8.68 Å². The fourth-order valence-corrected chi connectivity index (χ4v) is 7.44. The van der Waals surface area contributed by atoms with Crippen molar-refractivity contribution in [2.75, 3.05) is 5.75 Å². The van der Waals surface area contributed by atoms with Crippen LogP contribution in [0.2, 0.25) is 0 Å². The highest BCUT2D eigenvalue weighted by Crippen LogP contribution is 2.33. The number of thioether (sulfide) groups is 1. The molecule has 0 spiro atoms. The predicted molar refractivity (Wildman–Crippen MR) is 86.6 cm³/mol. The lowest BCUT2D eigenvalue weighted by Crippen LogP contribution is -2.38. The minimum Gasteiger partial charge on any atom is -0.207 e. The fraction of sp³-hybridized carbons (Fsp3) is 0.667. The first-order valence-electron chi connectivity index (χ1n) is 6.34. The Morgan fingerprint density at radius 2 is 2.26 bits per heavy atom. The zero-order valence-corrected chi connectivity index (χ0v) is 15.0. The van der Waals surface area contributed by atoms with Crippen molar-refractivity contribution in [2.24, 2.45) is 0 Å². The van der Waals surface area contributed by atoms with Crippen LogP contribution in [0.3, 0.4) is 0 Å². The summed E-state index contributed by atoms with van der Waals surface area (Å²) in [7, 11) is -3.39. The van der Waals surface area contributed by atoms with Gasteiger partial charge < -0.3 is 0 Å². The van der Waals surface area contributed by atoms with E-state index in [4.69, 9.17) is 0 Å². The second-order valence-electron chi connectivity index (χ2n) is 4.62. The summed E-state index contributed by atoms with van der Waals surface area (Å²) in [6, 6.07) is 1.77. The van der Waals surface area contributed by atoms with Gasteiger partial charge in [-0.1, -0.05) is 13.3 Å². The minimum atomic E-state index is -3.39. The van der Waals surface area contributed by atoms with E-state index >= 15 is 0 Å². The molecule has 3 nitrogen and oxygen atoms in total. The molecule has 0 aliphatic heterocycles. The Hall–Kier alpha value is 0.440. The highest BCUT2D eigenvalue weighted by Gasteiger charge is 2.32. The molecule has 1 aromatic heterocycles. The maximum Gasteiger partial charge on any atom is 0.241 e. The van der Waals surface area contributed by atoms with Crippen LogP contribution in [0.1, 0.15) is 31.1 Å². The average molecular weight is 384 g/mol. The van der Waals surface area contributed by atoms with E-state index in [1.165, 1.54) is 11.3 Å². The molecule has 1 N–H and O–H groups in total. The highest BCUT2D eigenvalue weighted by molar-refractivity contribution is 9.11. The Morgan fingerprint density at radius 1 is 1.53 bits per heavy atom. The van der Waals surface area contributed by atoms with E-state index in [2.05, 4.69) is 27.6 Å². The van der Waals surface area contributed by atoms with E-state index in [1.54, 1.807) is 6.07 Å². The topological polar surface area (TPSA) is 46.2 Å². The summed E-state index contributed by atoms with van der Waals surface area (Å²) in [4.78, 5) is 1.24. The lowest BCUT2D eigenvalue weighted by molar-refractivity contribution is 0.555. The van der Waals surface area contributed by atoms with Gasteiger partial charge in [-0.2, -0.15) is 11.8 Å². The van der Waals surface area contributed by atoms with Gasteiger partial charge in [0.2, 0.25) is 10.0 Å². The van der Waals surface area contributed by atoms with Gasteiger partial charge in [-0.15, -0.1) is 11.3 Å². The van der Waals surface area contributed by atoms with E-state index in [0.29, 0.717) is 10.1 Å². The van der Waals surface area contributed by atoms with E-state index in [-0.39, 0.29) is 6.04 Å². The third kappa shape index (κ3) is 3.75. The zero-order chi connectivity index (χ0) is 14.0. The van der Waals surface area contributed by atoms with Crippen molar-refractivity contribution in [3.8, 4) is 0 Å². The normalized spacial score (nSPS) is 23.9. The Labute approximate surface area is 131 Å². The summed E-state index contributed by atoms with van der Waals surface area (Å²) in [6.07, 6.45) is 3.16. The zero-order valence-electron chi connectivity index (χ0n) is 11.0. The molecule has 0 bridgehead atoms. The Bertz CT molecular complexity index is 541. The van der Waals surface area contributed by atoms with Gasteiger partial charge in [0, 0.05) is 16.2 Å². The van der Waals surface area contributed by atoms with Crippen LogP contribution >= 0.6 is 39.0 Å². The number of aryl methyl sites for hydroxylation is 1. The third-order valence-electron chi connectivity index (χ3n) is 3.27. The molecule has 2 unspecified atom stereocenters.